The van der Waals surface area contributed by atoms with Gasteiger partial charge >= 0.3 is 0 Å². The summed E-state index contributed by atoms with van der Waals surface area (Å²) < 4.78 is 0.743. The first-order valence-corrected chi connectivity index (χ1v) is 2.92. The van der Waals surface area contributed by atoms with Gasteiger partial charge in [-0.3, -0.25) is 4.79 Å². The number of nitrogens with one attached hydrogen (secondary N) is 1. The summed E-state index contributed by atoms with van der Waals surface area (Å²) in [6.07, 6.45) is 2.49. The second-order valence-corrected chi connectivity index (χ2v) is 2.16. The van der Waals surface area contributed by atoms with Gasteiger partial charge in [-0.25, -0.2) is 0 Å². The molecule has 0 fully saturated rings. The van der Waals surface area contributed by atoms with Crippen LogP contribution in [0.3, 0.4) is 0 Å². The van der Waals surface area contributed by atoms with Crippen LogP contribution in [-0.4, -0.2) is 11.3 Å². The molecule has 8 heavy (non-hydrogen) atoms. The standard InChI is InChI=1S/C5H4BrNO/c6-5-4(3-8)1-2-7-5/h1-3,7H. The van der Waals surface area contributed by atoms with Gasteiger partial charge in [-0.2, -0.15) is 0 Å². The van der Waals surface area contributed by atoms with E-state index in [9.17, 15) is 4.79 Å². The highest BCUT2D eigenvalue weighted by molar-refractivity contribution is 9.10. The van der Waals surface area contributed by atoms with Crippen LogP contribution in [0, 0.1) is 0 Å². The summed E-state index contributed by atoms with van der Waals surface area (Å²) in [5.74, 6) is 0. The third kappa shape index (κ3) is 0.816. The van der Waals surface area contributed by atoms with Gasteiger partial charge in [-0.05, 0) is 22.0 Å². The maximum absolute atomic E-state index is 10.0. The van der Waals surface area contributed by atoms with Crippen molar-refractivity contribution in [2.75, 3.05) is 0 Å². The molecule has 0 atom stereocenters. The van der Waals surface area contributed by atoms with E-state index in [1.807, 2.05) is 0 Å². The minimum Gasteiger partial charge on any atom is -0.355 e. The number of carbonyl (C=O) groups excluding carboxylic acids is 1. The average Bonchev–Trinajstić information content (AvgIpc) is 2.14. The molecular formula is C5H4BrNO. The van der Waals surface area contributed by atoms with Gasteiger partial charge in [0.25, 0.3) is 0 Å². The Morgan fingerprint density at radius 1 is 1.75 bits per heavy atom. The maximum atomic E-state index is 10.0. The van der Waals surface area contributed by atoms with Gasteiger partial charge in [0, 0.05) is 11.8 Å². The summed E-state index contributed by atoms with van der Waals surface area (Å²) in [6, 6.07) is 1.71. The molecule has 42 valence electrons. The Morgan fingerprint density at radius 2 is 2.50 bits per heavy atom. The molecule has 0 aliphatic rings. The van der Waals surface area contributed by atoms with Crippen LogP contribution in [0.25, 0.3) is 0 Å². The number of halogens is 1. The van der Waals surface area contributed by atoms with Crippen molar-refractivity contribution in [1.29, 1.82) is 0 Å². The molecule has 1 rings (SSSR count). The Bertz CT molecular complexity index is 194. The predicted octanol–water partition coefficient (Wildman–Crippen LogP) is 1.59. The second kappa shape index (κ2) is 2.13. The number of aromatic amines is 1. The number of hydrogen-bond acceptors (Lipinski definition) is 1. The van der Waals surface area contributed by atoms with E-state index in [2.05, 4.69) is 20.9 Å². The zero-order chi connectivity index (χ0) is 5.98. The fourth-order valence-corrected chi connectivity index (χ4v) is 0.810. The SMILES string of the molecule is O=Cc1cc[nH]c1Br. The Balaban J connectivity index is 3.09. The second-order valence-electron chi connectivity index (χ2n) is 1.36. The van der Waals surface area contributed by atoms with Gasteiger partial charge < -0.3 is 4.98 Å². The highest BCUT2D eigenvalue weighted by atomic mass is 79.9. The fourth-order valence-electron chi connectivity index (χ4n) is 0.452. The van der Waals surface area contributed by atoms with Crippen molar-refractivity contribution in [3.63, 3.8) is 0 Å². The number of hydrogen-bond donors (Lipinski definition) is 1. The number of H-pyrrole nitrogens is 1. The topological polar surface area (TPSA) is 32.9 Å². The van der Waals surface area contributed by atoms with Crippen LogP contribution in [0.2, 0.25) is 0 Å². The summed E-state index contributed by atoms with van der Waals surface area (Å²) in [5.41, 5.74) is 0.657. The minimum atomic E-state index is 0.657. The normalized spacial score (nSPS) is 9.12. The first-order chi connectivity index (χ1) is 3.84. The van der Waals surface area contributed by atoms with Crippen LogP contribution in [0.5, 0.6) is 0 Å². The van der Waals surface area contributed by atoms with Crippen molar-refractivity contribution in [3.05, 3.63) is 22.4 Å². The molecule has 1 N–H and O–H groups in total. The van der Waals surface area contributed by atoms with Gasteiger partial charge in [0.2, 0.25) is 0 Å². The van der Waals surface area contributed by atoms with Gasteiger partial charge in [0.15, 0.2) is 6.29 Å². The van der Waals surface area contributed by atoms with Gasteiger partial charge in [0.1, 0.15) is 0 Å². The maximum Gasteiger partial charge on any atom is 0.152 e. The van der Waals surface area contributed by atoms with E-state index in [1.54, 1.807) is 12.3 Å². The van der Waals surface area contributed by atoms with E-state index in [-0.39, 0.29) is 0 Å². The molecule has 0 saturated carbocycles. The molecule has 0 unspecified atom stereocenters. The molecule has 0 bridgehead atoms. The molecule has 1 aromatic rings. The fraction of sp³-hybridized carbons (Fsp3) is 0. The van der Waals surface area contributed by atoms with E-state index in [0.29, 0.717) is 5.56 Å². The number of rotatable bonds is 1. The highest BCUT2D eigenvalue weighted by Gasteiger charge is 1.94. The van der Waals surface area contributed by atoms with Crippen molar-refractivity contribution in [2.24, 2.45) is 0 Å². The predicted molar refractivity (Wildman–Crippen MR) is 33.9 cm³/mol. The lowest BCUT2D eigenvalue weighted by Crippen LogP contribution is -1.72. The summed E-state index contributed by atoms with van der Waals surface area (Å²) in [7, 11) is 0. The Morgan fingerprint density at radius 3 is 2.75 bits per heavy atom. The first-order valence-electron chi connectivity index (χ1n) is 2.12. The molecule has 0 aromatic carbocycles. The van der Waals surface area contributed by atoms with E-state index in [1.165, 1.54) is 0 Å². The van der Waals surface area contributed by atoms with Crippen LogP contribution >= 0.6 is 15.9 Å². The number of carbonyl (C=O) groups is 1. The molecule has 1 heterocycles. The summed E-state index contributed by atoms with van der Waals surface area (Å²) >= 11 is 3.14. The molecule has 0 aliphatic carbocycles. The molecule has 1 aromatic heterocycles. The lowest BCUT2D eigenvalue weighted by atomic mass is 10.4. The number of aldehydes is 1. The summed E-state index contributed by atoms with van der Waals surface area (Å²) in [5, 5.41) is 0. The molecule has 2 nitrogen and oxygen atoms in total. The molecule has 0 radical (unpaired) electrons. The van der Waals surface area contributed by atoms with E-state index >= 15 is 0 Å². The van der Waals surface area contributed by atoms with Crippen molar-refractivity contribution < 1.29 is 4.79 Å². The smallest absolute Gasteiger partial charge is 0.152 e. The monoisotopic (exact) mass is 173 g/mol. The highest BCUT2D eigenvalue weighted by Crippen LogP contribution is 2.09. The van der Waals surface area contributed by atoms with Crippen molar-refractivity contribution in [3.8, 4) is 0 Å². The Hall–Kier alpha value is -0.570. The lowest BCUT2D eigenvalue weighted by Gasteiger charge is -1.78. The zero-order valence-corrected chi connectivity index (χ0v) is 5.60. The molecular weight excluding hydrogens is 170 g/mol. The minimum absolute atomic E-state index is 0.657. The summed E-state index contributed by atoms with van der Waals surface area (Å²) in [6.45, 7) is 0. The van der Waals surface area contributed by atoms with Crippen LogP contribution in [0.15, 0.2) is 16.9 Å². The molecule has 0 spiro atoms. The Labute approximate surface area is 55.0 Å². The van der Waals surface area contributed by atoms with Gasteiger partial charge in [-0.1, -0.05) is 0 Å². The van der Waals surface area contributed by atoms with Crippen LogP contribution < -0.4 is 0 Å². The third-order valence-electron chi connectivity index (χ3n) is 0.853. The van der Waals surface area contributed by atoms with Crippen molar-refractivity contribution >= 4 is 22.2 Å². The zero-order valence-electron chi connectivity index (χ0n) is 4.02. The quantitative estimate of drug-likeness (QED) is 0.644. The van der Waals surface area contributed by atoms with Gasteiger partial charge in [0.05, 0.1) is 4.60 Å². The first kappa shape index (κ1) is 5.56. The van der Waals surface area contributed by atoms with Crippen LogP contribution in [0.4, 0.5) is 0 Å². The average molecular weight is 174 g/mol. The Kier molecular flexibility index (Phi) is 1.48. The lowest BCUT2D eigenvalue weighted by molar-refractivity contribution is 0.112. The largest absolute Gasteiger partial charge is 0.355 e. The van der Waals surface area contributed by atoms with E-state index in [0.717, 1.165) is 10.9 Å². The van der Waals surface area contributed by atoms with Crippen LogP contribution in [-0.2, 0) is 0 Å². The molecule has 0 amide bonds. The van der Waals surface area contributed by atoms with Crippen molar-refractivity contribution in [2.45, 2.75) is 0 Å². The third-order valence-corrected chi connectivity index (χ3v) is 1.54. The van der Waals surface area contributed by atoms with E-state index in [4.69, 9.17) is 0 Å². The van der Waals surface area contributed by atoms with Gasteiger partial charge in [-0.15, -0.1) is 0 Å². The molecule has 0 saturated heterocycles. The van der Waals surface area contributed by atoms with Crippen molar-refractivity contribution in [1.82, 2.24) is 4.98 Å². The summed E-state index contributed by atoms with van der Waals surface area (Å²) in [4.78, 5) is 12.8. The molecule has 3 heteroatoms. The van der Waals surface area contributed by atoms with Crippen LogP contribution in [0.1, 0.15) is 10.4 Å². The van der Waals surface area contributed by atoms with E-state index < -0.39 is 0 Å². The number of aromatic nitrogens is 1. The molecule has 0 aliphatic heterocycles.